The van der Waals surface area contributed by atoms with Crippen LogP contribution in [0.1, 0.15) is 31.4 Å². The van der Waals surface area contributed by atoms with Gasteiger partial charge in [0.1, 0.15) is 0 Å². The molecule has 2 rings (SSSR count). The maximum absolute atomic E-state index is 12.4. The number of hydrogen-bond acceptors (Lipinski definition) is 2. The Bertz CT molecular complexity index is 459. The minimum Gasteiger partial charge on any atom is -0.327 e. The molecule has 2 N–H and O–H groups in total. The number of halogens is 1. The van der Waals surface area contributed by atoms with E-state index in [1.807, 2.05) is 18.7 Å². The van der Waals surface area contributed by atoms with Gasteiger partial charge in [0.25, 0.3) is 0 Å². The molecule has 0 saturated carbocycles. The summed E-state index contributed by atoms with van der Waals surface area (Å²) in [5.41, 5.74) is 9.45. The normalized spacial score (nSPS) is 17.2. The van der Waals surface area contributed by atoms with Gasteiger partial charge >= 0.3 is 0 Å². The fraction of sp³-hybridized carbons (Fsp3) is 0.533. The van der Waals surface area contributed by atoms with Crippen LogP contribution >= 0.6 is 12.4 Å². The van der Waals surface area contributed by atoms with Crippen molar-refractivity contribution in [1.29, 1.82) is 0 Å². The highest BCUT2D eigenvalue weighted by molar-refractivity contribution is 5.96. The number of fused-ring (bicyclic) bond motifs is 1. The number of carbonyl (C=O) groups is 1. The molecule has 4 heteroatoms. The molecular formula is C15H23ClN2O. The molecule has 0 radical (unpaired) electrons. The molecule has 3 nitrogen and oxygen atoms in total. The van der Waals surface area contributed by atoms with Crippen LogP contribution in [0.3, 0.4) is 0 Å². The van der Waals surface area contributed by atoms with Crippen molar-refractivity contribution in [3.05, 3.63) is 29.3 Å². The lowest BCUT2D eigenvalue weighted by molar-refractivity contribution is -0.122. The average Bonchev–Trinajstić information content (AvgIpc) is 2.35. The minimum absolute atomic E-state index is 0. The first-order valence-electron chi connectivity index (χ1n) is 6.67. The van der Waals surface area contributed by atoms with E-state index in [1.165, 1.54) is 11.1 Å². The highest BCUT2D eigenvalue weighted by atomic mass is 35.5. The molecule has 2 atom stereocenters. The molecule has 1 aromatic carbocycles. The summed E-state index contributed by atoms with van der Waals surface area (Å²) in [7, 11) is 0. The molecule has 0 spiro atoms. The molecule has 1 aliphatic heterocycles. The van der Waals surface area contributed by atoms with E-state index in [1.54, 1.807) is 0 Å². The van der Waals surface area contributed by atoms with Gasteiger partial charge in [-0.25, -0.2) is 0 Å². The van der Waals surface area contributed by atoms with Crippen molar-refractivity contribution in [2.45, 2.75) is 39.7 Å². The van der Waals surface area contributed by atoms with Crippen molar-refractivity contribution < 1.29 is 4.79 Å². The van der Waals surface area contributed by atoms with Gasteiger partial charge in [-0.15, -0.1) is 12.4 Å². The third kappa shape index (κ3) is 3.28. The first-order chi connectivity index (χ1) is 8.50. The van der Waals surface area contributed by atoms with Crippen molar-refractivity contribution in [3.8, 4) is 0 Å². The highest BCUT2D eigenvalue weighted by Gasteiger charge is 2.27. The molecule has 19 heavy (non-hydrogen) atoms. The monoisotopic (exact) mass is 282 g/mol. The van der Waals surface area contributed by atoms with E-state index in [0.717, 1.165) is 25.1 Å². The molecule has 2 unspecified atom stereocenters. The Morgan fingerprint density at radius 2 is 2.05 bits per heavy atom. The third-order valence-electron chi connectivity index (χ3n) is 3.80. The summed E-state index contributed by atoms with van der Waals surface area (Å²) in [6, 6.07) is 6.22. The number of nitrogens with two attached hydrogens (primary N) is 1. The zero-order valence-corrected chi connectivity index (χ0v) is 12.7. The van der Waals surface area contributed by atoms with Gasteiger partial charge in [-0.3, -0.25) is 4.79 Å². The van der Waals surface area contributed by atoms with Gasteiger partial charge in [-0.2, -0.15) is 0 Å². The highest BCUT2D eigenvalue weighted by Crippen LogP contribution is 2.29. The van der Waals surface area contributed by atoms with Crippen LogP contribution in [-0.4, -0.2) is 18.5 Å². The summed E-state index contributed by atoms with van der Waals surface area (Å²) in [5, 5.41) is 0. The Kier molecular flexibility index (Phi) is 5.39. The molecule has 0 bridgehead atoms. The Balaban J connectivity index is 0.00000180. The van der Waals surface area contributed by atoms with Gasteiger partial charge in [0, 0.05) is 18.3 Å². The van der Waals surface area contributed by atoms with Gasteiger partial charge < -0.3 is 10.6 Å². The van der Waals surface area contributed by atoms with Crippen molar-refractivity contribution in [2.24, 2.45) is 11.7 Å². The molecule has 1 aliphatic rings. The molecule has 0 saturated heterocycles. The first kappa shape index (κ1) is 16.0. The lowest BCUT2D eigenvalue weighted by Gasteiger charge is -2.32. The SMILES string of the molecule is Cc1ccc2c(c1)CCCN2C(=O)C(C)C(C)N.Cl. The van der Waals surface area contributed by atoms with Crippen LogP contribution in [0, 0.1) is 12.8 Å². The number of nitrogens with zero attached hydrogens (tertiary/aromatic N) is 1. The van der Waals surface area contributed by atoms with Crippen LogP contribution in [-0.2, 0) is 11.2 Å². The second kappa shape index (κ2) is 6.40. The zero-order valence-electron chi connectivity index (χ0n) is 11.8. The second-order valence-electron chi connectivity index (χ2n) is 5.37. The number of carbonyl (C=O) groups excluding carboxylic acids is 1. The van der Waals surface area contributed by atoms with E-state index in [2.05, 4.69) is 25.1 Å². The van der Waals surface area contributed by atoms with Crippen LogP contribution in [0.5, 0.6) is 0 Å². The number of benzene rings is 1. The summed E-state index contributed by atoms with van der Waals surface area (Å²) < 4.78 is 0. The van der Waals surface area contributed by atoms with Gasteiger partial charge in [0.2, 0.25) is 5.91 Å². The minimum atomic E-state index is -0.128. The summed E-state index contributed by atoms with van der Waals surface area (Å²) >= 11 is 0. The van der Waals surface area contributed by atoms with E-state index in [-0.39, 0.29) is 30.3 Å². The third-order valence-corrected chi connectivity index (χ3v) is 3.80. The molecule has 1 aromatic rings. The standard InChI is InChI=1S/C15H22N2O.ClH/c1-10-6-7-14-13(9-10)5-4-8-17(14)15(18)11(2)12(3)16;/h6-7,9,11-12H,4-5,8,16H2,1-3H3;1H. The van der Waals surface area contributed by atoms with Crippen molar-refractivity contribution >= 4 is 24.0 Å². The van der Waals surface area contributed by atoms with Gasteiger partial charge in [0.15, 0.2) is 0 Å². The molecule has 1 amide bonds. The maximum Gasteiger partial charge on any atom is 0.231 e. The predicted molar refractivity (Wildman–Crippen MR) is 81.9 cm³/mol. The number of rotatable bonds is 2. The van der Waals surface area contributed by atoms with E-state index in [9.17, 15) is 4.79 Å². The quantitative estimate of drug-likeness (QED) is 0.906. The summed E-state index contributed by atoms with van der Waals surface area (Å²) in [4.78, 5) is 14.3. The molecule has 1 heterocycles. The molecular weight excluding hydrogens is 260 g/mol. The molecule has 106 valence electrons. The molecule has 0 aromatic heterocycles. The molecule has 0 fully saturated rings. The van der Waals surface area contributed by atoms with Gasteiger partial charge in [0.05, 0.1) is 5.92 Å². The zero-order chi connectivity index (χ0) is 13.3. The van der Waals surface area contributed by atoms with Crippen LogP contribution < -0.4 is 10.6 Å². The smallest absolute Gasteiger partial charge is 0.231 e. The Hall–Kier alpha value is -1.06. The average molecular weight is 283 g/mol. The van der Waals surface area contributed by atoms with Crippen molar-refractivity contribution in [3.63, 3.8) is 0 Å². The number of anilines is 1. The second-order valence-corrected chi connectivity index (χ2v) is 5.37. The summed E-state index contributed by atoms with van der Waals surface area (Å²) in [6.07, 6.45) is 2.10. The predicted octanol–water partition coefficient (Wildman–Crippen LogP) is 2.68. The van der Waals surface area contributed by atoms with Crippen molar-refractivity contribution in [1.82, 2.24) is 0 Å². The lowest BCUT2D eigenvalue weighted by Crippen LogP contribution is -2.44. The number of hydrogen-bond donors (Lipinski definition) is 1. The Morgan fingerprint density at radius 3 is 2.68 bits per heavy atom. The van der Waals surface area contributed by atoms with Crippen LogP contribution in [0.15, 0.2) is 18.2 Å². The van der Waals surface area contributed by atoms with Crippen molar-refractivity contribution in [2.75, 3.05) is 11.4 Å². The maximum atomic E-state index is 12.4. The van der Waals surface area contributed by atoms with Crippen LogP contribution in [0.25, 0.3) is 0 Å². The fourth-order valence-electron chi connectivity index (χ4n) is 2.43. The largest absolute Gasteiger partial charge is 0.327 e. The first-order valence-corrected chi connectivity index (χ1v) is 6.67. The summed E-state index contributed by atoms with van der Waals surface area (Å²) in [6.45, 7) is 6.70. The number of aryl methyl sites for hydroxylation is 2. The van der Waals surface area contributed by atoms with Crippen LogP contribution in [0.4, 0.5) is 5.69 Å². The number of amides is 1. The molecule has 0 aliphatic carbocycles. The van der Waals surface area contributed by atoms with Gasteiger partial charge in [-0.1, -0.05) is 24.6 Å². The van der Waals surface area contributed by atoms with E-state index in [4.69, 9.17) is 5.73 Å². The van der Waals surface area contributed by atoms with E-state index < -0.39 is 0 Å². The van der Waals surface area contributed by atoms with E-state index in [0.29, 0.717) is 0 Å². The Morgan fingerprint density at radius 1 is 1.37 bits per heavy atom. The fourth-order valence-corrected chi connectivity index (χ4v) is 2.43. The van der Waals surface area contributed by atoms with Crippen LogP contribution in [0.2, 0.25) is 0 Å². The van der Waals surface area contributed by atoms with Gasteiger partial charge in [-0.05, 0) is 38.3 Å². The van der Waals surface area contributed by atoms with E-state index >= 15 is 0 Å². The summed E-state index contributed by atoms with van der Waals surface area (Å²) in [5.74, 6) is 0.0204. The Labute approximate surface area is 121 Å². The lowest BCUT2D eigenvalue weighted by atomic mass is 9.96. The topological polar surface area (TPSA) is 46.3 Å².